The topological polar surface area (TPSA) is 0 Å². The molecule has 0 unspecified atom stereocenters. The molecule has 0 saturated heterocycles. The highest BCUT2D eigenvalue weighted by molar-refractivity contribution is 5.47. The number of alkyl halides is 50. The van der Waals surface area contributed by atoms with Crippen molar-refractivity contribution in [2.75, 3.05) is 0 Å². The van der Waals surface area contributed by atoms with Gasteiger partial charge < -0.3 is 0 Å². The molecule has 0 spiro atoms. The minimum Gasteiger partial charge on any atom is -0.232 e. The average Bonchev–Trinajstić information content (AvgIpc) is 3.21. The average molecular weight is 1270 g/mol. The smallest absolute Gasteiger partial charge is 0.232 e. The largest absolute Gasteiger partial charge is 0.385 e. The molecule has 0 aromatic carbocycles. The van der Waals surface area contributed by atoms with Crippen LogP contribution in [-0.4, -0.2) is 159 Å². The highest BCUT2D eigenvalue weighted by atomic mass is 19.4. The third kappa shape index (κ3) is 5.43. The molecule has 50 heteroatoms. The molecule has 3 rings (SSSR count). The van der Waals surface area contributed by atoms with Gasteiger partial charge in [0.05, 0.1) is 0 Å². The van der Waals surface area contributed by atoms with Crippen molar-refractivity contribution < 1.29 is 220 Å². The maximum atomic E-state index is 17.8. The Morgan fingerprint density at radius 2 is 0.156 bits per heavy atom. The van der Waals surface area contributed by atoms with Gasteiger partial charge in [-0.1, -0.05) is 0 Å². The zero-order valence-corrected chi connectivity index (χ0v) is 32.4. The van der Waals surface area contributed by atoms with E-state index in [9.17, 15) is 114 Å². The van der Waals surface area contributed by atoms with Crippen molar-refractivity contribution in [3.05, 3.63) is 0 Å². The fraction of sp³-hybridized carbons (Fsp3) is 1.00. The van der Waals surface area contributed by atoms with Crippen molar-refractivity contribution >= 4 is 0 Å². The van der Waals surface area contributed by atoms with E-state index in [1.807, 2.05) is 0 Å². The quantitative estimate of drug-likeness (QED) is 0.247. The summed E-state index contributed by atoms with van der Waals surface area (Å²) in [5.41, 5.74) is -55.4. The van der Waals surface area contributed by atoms with Gasteiger partial charge in [-0.15, -0.1) is 0 Å². The van der Waals surface area contributed by atoms with Crippen molar-refractivity contribution in [2.45, 2.75) is 159 Å². The molecule has 3 fully saturated rings. The van der Waals surface area contributed by atoms with E-state index in [0.29, 0.717) is 0 Å². The van der Waals surface area contributed by atoms with Crippen LogP contribution in [0.2, 0.25) is 0 Å². The van der Waals surface area contributed by atoms with Gasteiger partial charge in [-0.3, -0.25) is 0 Å². The SMILES string of the molecule is FC1(F)C(F)(F)C(F)(F)C(F)(F)C(F)(F)C(F)(C(F)(C2(F)C(F)(F)C(F)(F)C(F)(F)C(F)(F)C(F)(F)C(F)(F)C(F)(F)C(F)(F)C2(F)F)C2(F)C(F)(F)C(F)(F)C(F)(F)C(F)(F)C2(F)F)C(F)(F)C(F)(F)C(F)(F)C1(F)F. The predicted octanol–water partition coefficient (Wildman–Crippen LogP) is 15.5. The van der Waals surface area contributed by atoms with Crippen LogP contribution in [-0.2, 0) is 0 Å². The van der Waals surface area contributed by atoms with Gasteiger partial charge in [0, 0.05) is 0 Å². The van der Waals surface area contributed by atoms with Crippen molar-refractivity contribution in [1.82, 2.24) is 0 Å². The van der Waals surface area contributed by atoms with Crippen molar-refractivity contribution in [2.24, 2.45) is 0 Å². The maximum absolute atomic E-state index is 17.8. The molecule has 458 valence electrons. The Hall–Kier alpha value is -3.50. The Bertz CT molecular complexity index is 2090. The van der Waals surface area contributed by atoms with E-state index in [-0.39, 0.29) is 0 Å². The summed E-state index contributed by atoms with van der Waals surface area (Å²) < 4.78 is 754. The maximum Gasteiger partial charge on any atom is 0.385 e. The Kier molecular flexibility index (Phi) is 13.0. The third-order valence-corrected chi connectivity index (χ3v) is 11.9. The molecule has 0 amide bonds. The van der Waals surface area contributed by atoms with Crippen LogP contribution in [0.5, 0.6) is 0 Å². The van der Waals surface area contributed by atoms with Crippen LogP contribution in [0.1, 0.15) is 0 Å². The predicted molar refractivity (Wildman–Crippen MR) is 129 cm³/mol. The van der Waals surface area contributed by atoms with E-state index in [4.69, 9.17) is 0 Å². The van der Waals surface area contributed by atoms with Crippen LogP contribution in [0.3, 0.4) is 0 Å². The lowest BCUT2D eigenvalue weighted by Gasteiger charge is -2.65. The second-order valence-corrected chi connectivity index (χ2v) is 15.8. The van der Waals surface area contributed by atoms with Crippen molar-refractivity contribution in [3.63, 3.8) is 0 Å². The van der Waals surface area contributed by atoms with Gasteiger partial charge >= 0.3 is 136 Å². The van der Waals surface area contributed by atoms with E-state index in [2.05, 4.69) is 0 Å². The van der Waals surface area contributed by atoms with E-state index in [0.717, 1.165) is 0 Å². The lowest BCUT2D eigenvalue weighted by Crippen LogP contribution is -3.00. The third-order valence-electron chi connectivity index (χ3n) is 11.9. The number of rotatable bonds is 3. The summed E-state index contributed by atoms with van der Waals surface area (Å²) in [4.78, 5) is 0. The van der Waals surface area contributed by atoms with Crippen LogP contribution in [0.4, 0.5) is 220 Å². The molecule has 0 N–H and O–H groups in total. The molecule has 3 aliphatic carbocycles. The highest BCUT2D eigenvalue weighted by Gasteiger charge is 3.18. The zero-order chi connectivity index (χ0) is 63.5. The normalized spacial score (nSPS) is 35.0. The van der Waals surface area contributed by atoms with E-state index in [1.165, 1.54) is 0 Å². The summed E-state index contributed by atoms with van der Waals surface area (Å²) >= 11 is 0. The van der Waals surface area contributed by atoms with Crippen LogP contribution in [0.15, 0.2) is 0 Å². The molecule has 0 heterocycles. The summed E-state index contributed by atoms with van der Waals surface area (Å²) in [5, 5.41) is 0. The first-order chi connectivity index (χ1) is 32.2. The lowest BCUT2D eigenvalue weighted by atomic mass is 9.49. The fourth-order valence-corrected chi connectivity index (χ4v) is 7.25. The lowest BCUT2D eigenvalue weighted by molar-refractivity contribution is -0.558. The Morgan fingerprint density at radius 1 is 0.104 bits per heavy atom. The first-order valence-corrected chi connectivity index (χ1v) is 16.7. The van der Waals surface area contributed by atoms with Gasteiger partial charge in [0.2, 0.25) is 5.67 Å². The van der Waals surface area contributed by atoms with Gasteiger partial charge in [-0.25, -0.2) is 17.6 Å². The summed E-state index contributed by atoms with van der Waals surface area (Å²) in [7, 11) is 0. The zero-order valence-electron chi connectivity index (χ0n) is 32.4. The monoisotopic (exact) mass is 1270 g/mol. The van der Waals surface area contributed by atoms with Gasteiger partial charge in [0.25, 0.3) is 17.0 Å². The van der Waals surface area contributed by atoms with Gasteiger partial charge in [0.15, 0.2) is 0 Å². The van der Waals surface area contributed by atoms with Crippen molar-refractivity contribution in [3.8, 4) is 0 Å². The highest BCUT2D eigenvalue weighted by Crippen LogP contribution is 2.85. The summed E-state index contributed by atoms with van der Waals surface area (Å²) in [6.45, 7) is 0. The van der Waals surface area contributed by atoms with E-state index in [1.54, 1.807) is 0 Å². The number of hydrogen-bond donors (Lipinski definition) is 0. The van der Waals surface area contributed by atoms with Crippen molar-refractivity contribution in [1.29, 1.82) is 0 Å². The summed E-state index contributed by atoms with van der Waals surface area (Å²) in [6, 6.07) is 0. The molecule has 0 atom stereocenters. The van der Waals surface area contributed by atoms with Crippen LogP contribution in [0, 0.1) is 0 Å². The molecule has 0 bridgehead atoms. The first kappa shape index (κ1) is 67.8. The second-order valence-electron chi connectivity index (χ2n) is 15.8. The molecule has 0 nitrogen and oxygen atoms in total. The molecular formula is C27F50. The van der Waals surface area contributed by atoms with Crippen LogP contribution in [0.25, 0.3) is 0 Å². The number of hydrogen-bond acceptors (Lipinski definition) is 0. The summed E-state index contributed by atoms with van der Waals surface area (Å²) in [6.07, 6.45) is 0. The molecule has 77 heavy (non-hydrogen) atoms. The molecule has 0 aromatic heterocycles. The Labute approximate surface area is 379 Å². The molecule has 0 aromatic rings. The number of halogens is 50. The van der Waals surface area contributed by atoms with Crippen LogP contribution >= 0.6 is 0 Å². The Balaban J connectivity index is 3.50. The molecule has 3 aliphatic rings. The standard InChI is InChI=1S/C27F50/c28-1(2(29)5(32,33)11(44,45)17(56,57)12(46,47)6(2,34)35,3(30)7(36,37)13(48,49)18(58,59)22(66,67)26(74,75)23(68,69)19(60,61)14(50,51)8(3,38)39)4(31)9(40,41)15(52,53)20(62,63)24(70,71)27(76,77)25(72,73)21(64,65)16(54,55)10(4,42)43. The van der Waals surface area contributed by atoms with E-state index >= 15 is 105 Å². The Morgan fingerprint density at radius 3 is 0.221 bits per heavy atom. The molecule has 0 radical (unpaired) electrons. The molecule has 0 aliphatic heterocycles. The minimum absolute atomic E-state index is 10.2. The molecular weight excluding hydrogens is 1270 g/mol. The van der Waals surface area contributed by atoms with E-state index < -0.39 is 159 Å². The summed E-state index contributed by atoms with van der Waals surface area (Å²) in [5.74, 6) is -265. The minimum atomic E-state index is -14.4. The van der Waals surface area contributed by atoms with Gasteiger partial charge in [0.1, 0.15) is 0 Å². The first-order valence-electron chi connectivity index (χ1n) is 16.7. The van der Waals surface area contributed by atoms with Crippen LogP contribution < -0.4 is 0 Å². The second kappa shape index (κ2) is 14.8. The molecule has 3 saturated carbocycles. The van der Waals surface area contributed by atoms with Gasteiger partial charge in [-0.05, 0) is 0 Å². The fourth-order valence-electron chi connectivity index (χ4n) is 7.25. The van der Waals surface area contributed by atoms with Gasteiger partial charge in [-0.2, -0.15) is 202 Å².